The molecule has 1 amide bonds. The number of nitrogens with one attached hydrogen (secondary N) is 1. The molecule has 0 saturated heterocycles. The maximum absolute atomic E-state index is 11.8. The summed E-state index contributed by atoms with van der Waals surface area (Å²) in [6.45, 7) is 0. The average Bonchev–Trinajstić information content (AvgIpc) is 3.10. The predicted octanol–water partition coefficient (Wildman–Crippen LogP) is 3.23. The van der Waals surface area contributed by atoms with Crippen LogP contribution in [0.15, 0.2) is 48.6 Å². The zero-order valence-corrected chi connectivity index (χ0v) is 13.8. The Morgan fingerprint density at radius 3 is 2.81 bits per heavy atom. The SMILES string of the molecule is NC(=O)c1cccc2c1NC(c1cc([N+](=O)[O-])ccc1O)C1CC=CC21. The van der Waals surface area contributed by atoms with E-state index in [-0.39, 0.29) is 29.3 Å². The number of primary amides is 1. The number of allylic oxidation sites excluding steroid dienone is 2. The molecule has 1 aliphatic carbocycles. The monoisotopic (exact) mass is 351 g/mol. The first-order chi connectivity index (χ1) is 12.5. The quantitative estimate of drug-likeness (QED) is 0.446. The Morgan fingerprint density at radius 1 is 1.27 bits per heavy atom. The van der Waals surface area contributed by atoms with Crippen molar-refractivity contribution in [3.8, 4) is 5.75 Å². The lowest BCUT2D eigenvalue weighted by Crippen LogP contribution is -2.31. The van der Waals surface area contributed by atoms with Crippen LogP contribution in [0.25, 0.3) is 0 Å². The summed E-state index contributed by atoms with van der Waals surface area (Å²) < 4.78 is 0. The first kappa shape index (κ1) is 16.1. The van der Waals surface area contributed by atoms with Gasteiger partial charge in [-0.25, -0.2) is 0 Å². The maximum atomic E-state index is 11.8. The number of amides is 1. The van der Waals surface area contributed by atoms with Crippen LogP contribution in [-0.4, -0.2) is 15.9 Å². The third-order valence-electron chi connectivity index (χ3n) is 5.22. The fourth-order valence-electron chi connectivity index (χ4n) is 4.04. The van der Waals surface area contributed by atoms with Crippen LogP contribution in [-0.2, 0) is 0 Å². The maximum Gasteiger partial charge on any atom is 0.270 e. The van der Waals surface area contributed by atoms with Crippen molar-refractivity contribution in [3.05, 3.63) is 75.4 Å². The number of nitro groups is 1. The second-order valence-corrected chi connectivity index (χ2v) is 6.61. The molecule has 0 radical (unpaired) electrons. The van der Waals surface area contributed by atoms with E-state index < -0.39 is 10.8 Å². The summed E-state index contributed by atoms with van der Waals surface area (Å²) in [4.78, 5) is 22.5. The summed E-state index contributed by atoms with van der Waals surface area (Å²) in [5.41, 5.74) is 7.85. The van der Waals surface area contributed by atoms with Gasteiger partial charge in [0.15, 0.2) is 0 Å². The molecule has 2 aromatic rings. The summed E-state index contributed by atoms with van der Waals surface area (Å²) >= 11 is 0. The molecule has 26 heavy (non-hydrogen) atoms. The van der Waals surface area contributed by atoms with Gasteiger partial charge in [-0.2, -0.15) is 0 Å². The lowest BCUT2D eigenvalue weighted by atomic mass is 9.76. The minimum atomic E-state index is -0.545. The van der Waals surface area contributed by atoms with E-state index in [0.29, 0.717) is 16.8 Å². The summed E-state index contributed by atoms with van der Waals surface area (Å²) in [6, 6.07) is 9.03. The number of nitrogens with two attached hydrogens (primary N) is 1. The highest BCUT2D eigenvalue weighted by Gasteiger charge is 2.40. The Morgan fingerprint density at radius 2 is 2.08 bits per heavy atom. The molecule has 1 aliphatic heterocycles. The second-order valence-electron chi connectivity index (χ2n) is 6.61. The molecule has 4 N–H and O–H groups in total. The highest BCUT2D eigenvalue weighted by molar-refractivity contribution is 5.99. The number of nitrogens with zero attached hydrogens (tertiary/aromatic N) is 1. The molecule has 4 rings (SSSR count). The Hall–Kier alpha value is -3.35. The van der Waals surface area contributed by atoms with Crippen LogP contribution in [0.5, 0.6) is 5.75 Å². The van der Waals surface area contributed by atoms with Gasteiger partial charge >= 0.3 is 0 Å². The van der Waals surface area contributed by atoms with Gasteiger partial charge in [0.1, 0.15) is 5.75 Å². The van der Waals surface area contributed by atoms with E-state index in [1.807, 2.05) is 6.07 Å². The van der Waals surface area contributed by atoms with Gasteiger partial charge in [-0.05, 0) is 30.0 Å². The number of hydrogen-bond donors (Lipinski definition) is 3. The van der Waals surface area contributed by atoms with Crippen molar-refractivity contribution in [2.45, 2.75) is 18.4 Å². The van der Waals surface area contributed by atoms with E-state index in [2.05, 4.69) is 17.5 Å². The largest absolute Gasteiger partial charge is 0.508 e. The number of phenolic OH excluding ortho intramolecular Hbond substituents is 1. The molecule has 3 atom stereocenters. The Kier molecular flexibility index (Phi) is 3.64. The molecule has 1 heterocycles. The molecule has 132 valence electrons. The molecule has 0 spiro atoms. The summed E-state index contributed by atoms with van der Waals surface area (Å²) in [7, 11) is 0. The lowest BCUT2D eigenvalue weighted by Gasteiger charge is -2.38. The third-order valence-corrected chi connectivity index (χ3v) is 5.22. The first-order valence-corrected chi connectivity index (χ1v) is 8.30. The Labute approximate surface area is 149 Å². The van der Waals surface area contributed by atoms with Gasteiger partial charge in [-0.1, -0.05) is 24.3 Å². The summed E-state index contributed by atoms with van der Waals surface area (Å²) in [6.07, 6.45) is 4.91. The minimum absolute atomic E-state index is 0.0150. The number of non-ortho nitro benzene ring substituents is 1. The molecule has 2 aliphatic rings. The van der Waals surface area contributed by atoms with Crippen LogP contribution < -0.4 is 11.1 Å². The number of carbonyl (C=O) groups excluding carboxylic acids is 1. The number of para-hydroxylation sites is 1. The number of anilines is 1. The second kappa shape index (κ2) is 5.87. The topological polar surface area (TPSA) is 118 Å². The van der Waals surface area contributed by atoms with Crippen LogP contribution >= 0.6 is 0 Å². The van der Waals surface area contributed by atoms with Gasteiger partial charge in [0.25, 0.3) is 11.6 Å². The third kappa shape index (κ3) is 2.40. The lowest BCUT2D eigenvalue weighted by molar-refractivity contribution is -0.385. The summed E-state index contributed by atoms with van der Waals surface area (Å²) in [5.74, 6) is -0.428. The van der Waals surface area contributed by atoms with E-state index in [4.69, 9.17) is 5.73 Å². The van der Waals surface area contributed by atoms with Crippen LogP contribution in [0.2, 0.25) is 0 Å². The number of aromatic hydroxyl groups is 1. The zero-order valence-electron chi connectivity index (χ0n) is 13.8. The molecule has 7 nitrogen and oxygen atoms in total. The minimum Gasteiger partial charge on any atom is -0.508 e. The van der Waals surface area contributed by atoms with E-state index >= 15 is 0 Å². The van der Waals surface area contributed by atoms with Crippen molar-refractivity contribution in [1.29, 1.82) is 0 Å². The zero-order chi connectivity index (χ0) is 18.4. The average molecular weight is 351 g/mol. The van der Waals surface area contributed by atoms with Gasteiger partial charge in [-0.3, -0.25) is 14.9 Å². The van der Waals surface area contributed by atoms with E-state index in [9.17, 15) is 20.0 Å². The number of rotatable bonds is 3. The van der Waals surface area contributed by atoms with E-state index in [0.717, 1.165) is 12.0 Å². The Balaban J connectivity index is 1.86. The van der Waals surface area contributed by atoms with Crippen LogP contribution in [0, 0.1) is 16.0 Å². The van der Waals surface area contributed by atoms with Gasteiger partial charge < -0.3 is 16.2 Å². The Bertz CT molecular complexity index is 954. The molecule has 0 bridgehead atoms. The summed E-state index contributed by atoms with van der Waals surface area (Å²) in [5, 5.41) is 24.8. The van der Waals surface area contributed by atoms with Gasteiger partial charge in [-0.15, -0.1) is 0 Å². The van der Waals surface area contributed by atoms with Crippen molar-refractivity contribution in [3.63, 3.8) is 0 Å². The van der Waals surface area contributed by atoms with Crippen molar-refractivity contribution < 1.29 is 14.8 Å². The van der Waals surface area contributed by atoms with Crippen molar-refractivity contribution in [2.75, 3.05) is 5.32 Å². The van der Waals surface area contributed by atoms with E-state index in [1.54, 1.807) is 12.1 Å². The molecule has 0 saturated carbocycles. The van der Waals surface area contributed by atoms with Crippen molar-refractivity contribution in [2.24, 2.45) is 11.7 Å². The molecular weight excluding hydrogens is 334 g/mol. The first-order valence-electron chi connectivity index (χ1n) is 8.30. The van der Waals surface area contributed by atoms with Crippen molar-refractivity contribution in [1.82, 2.24) is 0 Å². The van der Waals surface area contributed by atoms with Gasteiger partial charge in [0.2, 0.25) is 0 Å². The molecule has 0 fully saturated rings. The number of benzene rings is 2. The number of hydrogen-bond acceptors (Lipinski definition) is 5. The molecule has 2 aromatic carbocycles. The molecule has 7 heteroatoms. The van der Waals surface area contributed by atoms with Crippen LogP contribution in [0.4, 0.5) is 11.4 Å². The van der Waals surface area contributed by atoms with Crippen LogP contribution in [0.3, 0.4) is 0 Å². The molecule has 0 aromatic heterocycles. The normalized spacial score (nSPS) is 23.0. The standard InChI is InChI=1S/C19H17N3O4/c20-19(24)14-6-2-5-12-11-3-1-4-13(11)18(21-17(12)14)15-9-10(22(25)26)7-8-16(15)23/h1-3,5-9,11,13,18,21,23H,4H2,(H2,20,24). The fourth-order valence-corrected chi connectivity index (χ4v) is 4.04. The number of nitro benzene ring substituents is 1. The number of fused-ring (bicyclic) bond motifs is 3. The molecule has 3 unspecified atom stereocenters. The van der Waals surface area contributed by atoms with Gasteiger partial charge in [0.05, 0.1) is 22.2 Å². The fraction of sp³-hybridized carbons (Fsp3) is 0.211. The van der Waals surface area contributed by atoms with Crippen molar-refractivity contribution >= 4 is 17.3 Å². The van der Waals surface area contributed by atoms with Gasteiger partial charge in [0, 0.05) is 23.6 Å². The molecular formula is C19H17N3O4. The highest BCUT2D eigenvalue weighted by Crippen LogP contribution is 2.52. The predicted molar refractivity (Wildman–Crippen MR) is 96.1 cm³/mol. The van der Waals surface area contributed by atoms with E-state index in [1.165, 1.54) is 18.2 Å². The number of phenols is 1. The highest BCUT2D eigenvalue weighted by atomic mass is 16.6. The smallest absolute Gasteiger partial charge is 0.270 e. The van der Waals surface area contributed by atoms with Crippen LogP contribution in [0.1, 0.15) is 39.9 Å². The number of carbonyl (C=O) groups is 1.